The molecule has 0 rings (SSSR count). The summed E-state index contributed by atoms with van der Waals surface area (Å²) in [7, 11) is 0. The lowest BCUT2D eigenvalue weighted by molar-refractivity contribution is -0.167. The van der Waals surface area contributed by atoms with Gasteiger partial charge in [-0.1, -0.05) is 313 Å². The summed E-state index contributed by atoms with van der Waals surface area (Å²) in [4.78, 5) is 38.5. The van der Waals surface area contributed by atoms with Crippen molar-refractivity contribution in [3.63, 3.8) is 0 Å². The molecule has 0 fully saturated rings. The van der Waals surface area contributed by atoms with Gasteiger partial charge in [0.25, 0.3) is 0 Å². The van der Waals surface area contributed by atoms with Crippen molar-refractivity contribution in [2.24, 2.45) is 0 Å². The zero-order valence-corrected chi connectivity index (χ0v) is 54.3. The molecular formula is C75H136O6. The SMILES string of the molecule is CCCCCCC/C=C\C/C=C\CCCCCCCCCCCCCCCCCC(=O)OCC(COC(=O)CCCCCCC/C=C\CCCCCCCC)OC(=O)CCCCCCCCCCC/C=C\C/C=C\CCCCCCC. The van der Waals surface area contributed by atoms with Crippen LogP contribution in [0, 0.1) is 0 Å². The number of allylic oxidation sites excluding steroid dienone is 10. The molecule has 81 heavy (non-hydrogen) atoms. The Bertz CT molecular complexity index is 1440. The first-order chi connectivity index (χ1) is 40.0. The highest BCUT2D eigenvalue weighted by atomic mass is 16.6. The first kappa shape index (κ1) is 78.1. The summed E-state index contributed by atoms with van der Waals surface area (Å²) < 4.78 is 17.0. The van der Waals surface area contributed by atoms with Crippen LogP contribution in [-0.2, 0) is 28.6 Å². The summed E-state index contributed by atoms with van der Waals surface area (Å²) in [6, 6.07) is 0. The van der Waals surface area contributed by atoms with Crippen LogP contribution in [0.15, 0.2) is 60.8 Å². The highest BCUT2D eigenvalue weighted by Crippen LogP contribution is 2.18. The van der Waals surface area contributed by atoms with E-state index in [0.29, 0.717) is 19.3 Å². The predicted molar refractivity (Wildman–Crippen MR) is 353 cm³/mol. The molecule has 0 N–H and O–H groups in total. The van der Waals surface area contributed by atoms with Gasteiger partial charge in [0, 0.05) is 19.3 Å². The number of unbranched alkanes of at least 4 members (excludes halogenated alkanes) is 45. The Hall–Kier alpha value is -2.89. The fourth-order valence-electron chi connectivity index (χ4n) is 10.6. The molecule has 1 unspecified atom stereocenters. The second-order valence-electron chi connectivity index (χ2n) is 24.1. The molecule has 6 nitrogen and oxygen atoms in total. The van der Waals surface area contributed by atoms with Crippen molar-refractivity contribution in [2.75, 3.05) is 13.2 Å². The Morgan fingerprint density at radius 3 is 0.691 bits per heavy atom. The van der Waals surface area contributed by atoms with Crippen molar-refractivity contribution >= 4 is 17.9 Å². The third kappa shape index (κ3) is 67.8. The second kappa shape index (κ2) is 69.6. The zero-order chi connectivity index (χ0) is 58.5. The van der Waals surface area contributed by atoms with E-state index in [9.17, 15) is 14.4 Å². The van der Waals surface area contributed by atoms with E-state index in [2.05, 4.69) is 81.5 Å². The van der Waals surface area contributed by atoms with Gasteiger partial charge in [-0.05, 0) is 109 Å². The van der Waals surface area contributed by atoms with Crippen molar-refractivity contribution in [3.05, 3.63) is 60.8 Å². The van der Waals surface area contributed by atoms with Crippen molar-refractivity contribution in [1.82, 2.24) is 0 Å². The monoisotopic (exact) mass is 1130 g/mol. The molecule has 0 heterocycles. The molecule has 0 aromatic carbocycles. The average Bonchev–Trinajstić information content (AvgIpc) is 3.47. The highest BCUT2D eigenvalue weighted by molar-refractivity contribution is 5.71. The van der Waals surface area contributed by atoms with Crippen LogP contribution in [-0.4, -0.2) is 37.2 Å². The predicted octanol–water partition coefficient (Wildman–Crippen LogP) is 24.7. The molecule has 472 valence electrons. The van der Waals surface area contributed by atoms with E-state index < -0.39 is 6.10 Å². The molecule has 0 bridgehead atoms. The minimum atomic E-state index is -0.781. The standard InChI is InChI=1S/C75H136O6/c1-4-7-10-13-16-19-22-25-28-30-32-34-35-36-37-38-39-41-42-44-47-50-53-56-59-62-65-68-74(77)80-71-72(70-79-73(76)67-64-61-58-55-52-49-46-27-24-21-18-15-12-9-6-3)81-75(78)69-66-63-60-57-54-51-48-45-43-40-33-31-29-26-23-20-17-14-11-8-5-2/h22-23,25-27,30-33,46,72H,4-21,24,28-29,34-45,47-71H2,1-3H3/b25-22-,26-23-,32-30-,33-31-,46-27-. The van der Waals surface area contributed by atoms with Gasteiger partial charge in [-0.25, -0.2) is 0 Å². The lowest BCUT2D eigenvalue weighted by Crippen LogP contribution is -2.30. The van der Waals surface area contributed by atoms with Gasteiger partial charge in [0.15, 0.2) is 6.10 Å². The van der Waals surface area contributed by atoms with Crippen LogP contribution in [0.1, 0.15) is 380 Å². The maximum absolute atomic E-state index is 13.0. The summed E-state index contributed by atoms with van der Waals surface area (Å²) in [5, 5.41) is 0. The minimum Gasteiger partial charge on any atom is -0.462 e. The van der Waals surface area contributed by atoms with Gasteiger partial charge in [0.1, 0.15) is 13.2 Å². The summed E-state index contributed by atoms with van der Waals surface area (Å²) in [6.07, 6.45) is 89.6. The molecule has 0 saturated carbocycles. The third-order valence-corrected chi connectivity index (χ3v) is 16.0. The Kier molecular flexibility index (Phi) is 67.1. The van der Waals surface area contributed by atoms with E-state index in [-0.39, 0.29) is 31.1 Å². The average molecular weight is 1130 g/mol. The molecule has 0 aliphatic rings. The van der Waals surface area contributed by atoms with E-state index in [1.54, 1.807) is 0 Å². The van der Waals surface area contributed by atoms with Gasteiger partial charge in [-0.3, -0.25) is 14.4 Å². The van der Waals surface area contributed by atoms with Crippen LogP contribution in [0.5, 0.6) is 0 Å². The molecule has 0 aliphatic carbocycles. The van der Waals surface area contributed by atoms with Crippen LogP contribution >= 0.6 is 0 Å². The topological polar surface area (TPSA) is 78.9 Å². The number of ether oxygens (including phenoxy) is 3. The van der Waals surface area contributed by atoms with Crippen LogP contribution in [0.2, 0.25) is 0 Å². The van der Waals surface area contributed by atoms with E-state index in [1.165, 1.54) is 263 Å². The van der Waals surface area contributed by atoms with Gasteiger partial charge in [-0.15, -0.1) is 0 Å². The number of carbonyl (C=O) groups is 3. The van der Waals surface area contributed by atoms with Crippen LogP contribution < -0.4 is 0 Å². The summed E-state index contributed by atoms with van der Waals surface area (Å²) in [5.74, 6) is -0.865. The van der Waals surface area contributed by atoms with E-state index in [1.807, 2.05) is 0 Å². The molecule has 1 atom stereocenters. The van der Waals surface area contributed by atoms with Crippen molar-refractivity contribution < 1.29 is 28.6 Å². The number of rotatable bonds is 66. The summed E-state index contributed by atoms with van der Waals surface area (Å²) >= 11 is 0. The maximum atomic E-state index is 13.0. The van der Waals surface area contributed by atoms with Gasteiger partial charge < -0.3 is 14.2 Å². The van der Waals surface area contributed by atoms with Gasteiger partial charge in [0.05, 0.1) is 0 Å². The number of carbonyl (C=O) groups excluding carboxylic acids is 3. The maximum Gasteiger partial charge on any atom is 0.306 e. The zero-order valence-electron chi connectivity index (χ0n) is 54.3. The summed E-state index contributed by atoms with van der Waals surface area (Å²) in [6.45, 7) is 6.66. The Morgan fingerprint density at radius 1 is 0.247 bits per heavy atom. The summed E-state index contributed by atoms with van der Waals surface area (Å²) in [5.41, 5.74) is 0. The molecular weight excluding hydrogens is 997 g/mol. The quantitative estimate of drug-likeness (QED) is 0.0261. The molecule has 0 radical (unpaired) electrons. The van der Waals surface area contributed by atoms with E-state index in [4.69, 9.17) is 14.2 Å². The van der Waals surface area contributed by atoms with Crippen LogP contribution in [0.3, 0.4) is 0 Å². The van der Waals surface area contributed by atoms with Crippen LogP contribution in [0.4, 0.5) is 0 Å². The molecule has 0 aliphatic heterocycles. The molecule has 0 amide bonds. The van der Waals surface area contributed by atoms with Gasteiger partial charge >= 0.3 is 17.9 Å². The Balaban J connectivity index is 4.28. The number of hydrogen-bond donors (Lipinski definition) is 0. The van der Waals surface area contributed by atoms with Crippen molar-refractivity contribution in [3.8, 4) is 0 Å². The Labute approximate surface area is 504 Å². The Morgan fingerprint density at radius 2 is 0.444 bits per heavy atom. The third-order valence-electron chi connectivity index (χ3n) is 16.0. The molecule has 0 aromatic rings. The van der Waals surface area contributed by atoms with Crippen molar-refractivity contribution in [2.45, 2.75) is 386 Å². The first-order valence-electron chi connectivity index (χ1n) is 35.8. The van der Waals surface area contributed by atoms with Gasteiger partial charge in [-0.2, -0.15) is 0 Å². The second-order valence-corrected chi connectivity index (χ2v) is 24.1. The number of esters is 3. The van der Waals surface area contributed by atoms with E-state index in [0.717, 1.165) is 77.0 Å². The highest BCUT2D eigenvalue weighted by Gasteiger charge is 2.19. The van der Waals surface area contributed by atoms with E-state index >= 15 is 0 Å². The smallest absolute Gasteiger partial charge is 0.306 e. The van der Waals surface area contributed by atoms with Crippen LogP contribution in [0.25, 0.3) is 0 Å². The fourth-order valence-corrected chi connectivity index (χ4v) is 10.6. The number of hydrogen-bond acceptors (Lipinski definition) is 6. The fraction of sp³-hybridized carbons (Fsp3) is 0.827. The normalized spacial score (nSPS) is 12.4. The minimum absolute atomic E-state index is 0.0756. The lowest BCUT2D eigenvalue weighted by atomic mass is 10.0. The van der Waals surface area contributed by atoms with Gasteiger partial charge in [0.2, 0.25) is 0 Å². The molecule has 0 spiro atoms. The molecule has 0 saturated heterocycles. The lowest BCUT2D eigenvalue weighted by Gasteiger charge is -2.18. The molecule has 6 heteroatoms. The largest absolute Gasteiger partial charge is 0.462 e. The molecule has 0 aromatic heterocycles. The van der Waals surface area contributed by atoms with Crippen molar-refractivity contribution in [1.29, 1.82) is 0 Å². The first-order valence-corrected chi connectivity index (χ1v) is 35.8.